The Hall–Kier alpha value is -0.0400. The van der Waals surface area contributed by atoms with E-state index in [1.807, 2.05) is 0 Å². The maximum absolute atomic E-state index is 5.41. The minimum Gasteiger partial charge on any atom is -0.381 e. The van der Waals surface area contributed by atoms with Gasteiger partial charge >= 0.3 is 0 Å². The van der Waals surface area contributed by atoms with E-state index in [1.165, 1.54) is 77.0 Å². The Morgan fingerprint density at radius 2 is 0.538 bits per heavy atom. The zero-order valence-corrected chi connectivity index (χ0v) is 30.9. The van der Waals surface area contributed by atoms with Gasteiger partial charge in [-0.15, -0.1) is 0 Å². The van der Waals surface area contributed by atoms with Crippen molar-refractivity contribution < 1.29 is 4.74 Å². The second-order valence-corrected chi connectivity index (χ2v) is 15.5. The highest BCUT2D eigenvalue weighted by Gasteiger charge is 1.98. The summed E-state index contributed by atoms with van der Waals surface area (Å²) in [4.78, 5) is 0. The minimum absolute atomic E-state index is 0.673. The topological polar surface area (TPSA) is 9.23 Å². The molecule has 1 heteroatoms. The Labute approximate surface area is 252 Å². The van der Waals surface area contributed by atoms with Gasteiger partial charge in [0.05, 0.1) is 0 Å². The third-order valence-corrected chi connectivity index (χ3v) is 6.48. The van der Waals surface area contributed by atoms with Crippen molar-refractivity contribution in [2.24, 2.45) is 47.3 Å². The van der Waals surface area contributed by atoms with Crippen LogP contribution < -0.4 is 0 Å². The minimum atomic E-state index is 0.673. The molecule has 0 aliphatic carbocycles. The van der Waals surface area contributed by atoms with Crippen molar-refractivity contribution in [1.29, 1.82) is 0 Å². The van der Waals surface area contributed by atoms with Crippen molar-refractivity contribution in [3.8, 4) is 0 Å². The summed E-state index contributed by atoms with van der Waals surface area (Å²) in [6, 6.07) is 0. The molecule has 0 bridgehead atoms. The van der Waals surface area contributed by atoms with Crippen molar-refractivity contribution in [3.05, 3.63) is 0 Å². The molecule has 0 unspecified atom stereocenters. The van der Waals surface area contributed by atoms with Crippen LogP contribution >= 0.6 is 0 Å². The number of hydrogen-bond donors (Lipinski definition) is 0. The Morgan fingerprint density at radius 3 is 0.769 bits per heavy atom. The van der Waals surface area contributed by atoms with Gasteiger partial charge in [-0.1, -0.05) is 181 Å². The van der Waals surface area contributed by atoms with Crippen LogP contribution in [0.2, 0.25) is 0 Å². The van der Waals surface area contributed by atoms with E-state index in [-0.39, 0.29) is 0 Å². The Morgan fingerprint density at radius 1 is 0.282 bits per heavy atom. The fourth-order valence-corrected chi connectivity index (χ4v) is 3.79. The SMILES string of the molecule is CC(C)CCCC(C)C.CC(C)CCCC(C)C.CC(C)CCCCCC(C)C.CC(C)CCOCC(C)C. The largest absolute Gasteiger partial charge is 0.381 e. The summed E-state index contributed by atoms with van der Waals surface area (Å²) in [5.41, 5.74) is 0. The van der Waals surface area contributed by atoms with E-state index in [1.54, 1.807) is 0 Å². The highest BCUT2D eigenvalue weighted by atomic mass is 16.5. The summed E-state index contributed by atoms with van der Waals surface area (Å²) in [7, 11) is 0. The number of hydrogen-bond acceptors (Lipinski definition) is 1. The van der Waals surface area contributed by atoms with Crippen molar-refractivity contribution in [2.45, 2.75) is 188 Å². The molecule has 0 aromatic rings. The maximum atomic E-state index is 5.41. The van der Waals surface area contributed by atoms with Crippen LogP contribution in [-0.2, 0) is 4.74 Å². The summed E-state index contributed by atoms with van der Waals surface area (Å²) in [5.74, 6) is 6.81. The number of rotatable bonds is 19. The van der Waals surface area contributed by atoms with Crippen LogP contribution in [0.4, 0.5) is 0 Å². The molecular weight excluding hydrogens is 472 g/mol. The molecule has 0 aromatic heterocycles. The molecule has 1 nitrogen and oxygen atoms in total. The second-order valence-electron chi connectivity index (χ2n) is 15.5. The van der Waals surface area contributed by atoms with Gasteiger partial charge in [0.25, 0.3) is 0 Å². The van der Waals surface area contributed by atoms with Crippen molar-refractivity contribution >= 4 is 0 Å². The molecule has 0 saturated carbocycles. The molecule has 0 rings (SSSR count). The van der Waals surface area contributed by atoms with Gasteiger partial charge in [-0.05, 0) is 53.8 Å². The third kappa shape index (κ3) is 67.5. The molecule has 0 aliphatic rings. The van der Waals surface area contributed by atoms with Crippen LogP contribution in [0.25, 0.3) is 0 Å². The maximum Gasteiger partial charge on any atom is 0.0488 e. The first kappa shape index (κ1) is 45.9. The summed E-state index contributed by atoms with van der Waals surface area (Å²) in [5, 5.41) is 0. The van der Waals surface area contributed by atoms with Crippen LogP contribution in [0.3, 0.4) is 0 Å². The zero-order valence-electron chi connectivity index (χ0n) is 30.9. The predicted molar refractivity (Wildman–Crippen MR) is 185 cm³/mol. The quantitative estimate of drug-likeness (QED) is 0.144. The molecule has 242 valence electrons. The Kier molecular flexibility index (Phi) is 40.2. The molecule has 39 heavy (non-hydrogen) atoms. The van der Waals surface area contributed by atoms with Crippen molar-refractivity contribution in [2.75, 3.05) is 13.2 Å². The van der Waals surface area contributed by atoms with Gasteiger partial charge in [-0.3, -0.25) is 0 Å². The smallest absolute Gasteiger partial charge is 0.0488 e. The predicted octanol–water partition coefficient (Wildman–Crippen LogP) is 13.9. The van der Waals surface area contributed by atoms with E-state index in [0.29, 0.717) is 5.92 Å². The Bertz CT molecular complexity index is 349. The molecule has 0 saturated heterocycles. The van der Waals surface area contributed by atoms with Crippen LogP contribution in [0.1, 0.15) is 188 Å². The monoisotopic (exact) mass is 557 g/mol. The van der Waals surface area contributed by atoms with Gasteiger partial charge in [0.15, 0.2) is 0 Å². The van der Waals surface area contributed by atoms with Gasteiger partial charge in [0, 0.05) is 13.2 Å². The van der Waals surface area contributed by atoms with E-state index in [0.717, 1.165) is 54.6 Å². The molecule has 0 N–H and O–H groups in total. The van der Waals surface area contributed by atoms with Gasteiger partial charge < -0.3 is 4.74 Å². The first-order chi connectivity index (χ1) is 18.0. The fraction of sp³-hybridized carbons (Fsp3) is 1.00. The molecule has 0 radical (unpaired) electrons. The molecule has 0 amide bonds. The van der Waals surface area contributed by atoms with Gasteiger partial charge in [-0.25, -0.2) is 0 Å². The first-order valence-electron chi connectivity index (χ1n) is 17.6. The molecule has 0 atom stereocenters. The average Bonchev–Trinajstić information content (AvgIpc) is 2.76. The van der Waals surface area contributed by atoms with E-state index in [9.17, 15) is 0 Å². The molecular formula is C38H84O. The lowest BCUT2D eigenvalue weighted by molar-refractivity contribution is 0.101. The lowest BCUT2D eigenvalue weighted by Gasteiger charge is -2.07. The molecule has 0 heterocycles. The fourth-order valence-electron chi connectivity index (χ4n) is 3.79. The van der Waals surface area contributed by atoms with E-state index < -0.39 is 0 Å². The van der Waals surface area contributed by atoms with Crippen molar-refractivity contribution in [1.82, 2.24) is 0 Å². The van der Waals surface area contributed by atoms with Crippen molar-refractivity contribution in [3.63, 3.8) is 0 Å². The first-order valence-corrected chi connectivity index (χ1v) is 17.6. The van der Waals surface area contributed by atoms with Gasteiger partial charge in [0.1, 0.15) is 0 Å². The van der Waals surface area contributed by atoms with Crippen LogP contribution in [0.5, 0.6) is 0 Å². The second kappa shape index (κ2) is 34.2. The summed E-state index contributed by atoms with van der Waals surface area (Å²) in [6.45, 7) is 38.2. The van der Waals surface area contributed by atoms with E-state index in [4.69, 9.17) is 4.74 Å². The van der Waals surface area contributed by atoms with Gasteiger partial charge in [-0.2, -0.15) is 0 Å². The number of unbranched alkanes of at least 4 members (excludes halogenated alkanes) is 2. The van der Waals surface area contributed by atoms with Gasteiger partial charge in [0.2, 0.25) is 0 Å². The third-order valence-electron chi connectivity index (χ3n) is 6.48. The van der Waals surface area contributed by atoms with Crippen LogP contribution in [-0.4, -0.2) is 13.2 Å². The molecule has 0 aromatic carbocycles. The molecule has 0 spiro atoms. The van der Waals surface area contributed by atoms with E-state index in [2.05, 4.69) is 111 Å². The Balaban J connectivity index is -0.000000210. The highest BCUT2D eigenvalue weighted by Crippen LogP contribution is 2.13. The summed E-state index contributed by atoms with van der Waals surface area (Å²) < 4.78 is 5.41. The van der Waals surface area contributed by atoms with E-state index >= 15 is 0 Å². The zero-order chi connectivity index (χ0) is 31.2. The standard InChI is InChI=1S/C11H24.C9H20O.2C9H20/c1-10(2)8-6-5-7-9-11(3)4;1-8(2)5-6-10-7-9(3)4;2*1-8(2)6-5-7-9(3)4/h10-11H,5-9H2,1-4H3;8-9H,5-7H2,1-4H3;2*8-9H,5-7H2,1-4H3. The lowest BCUT2D eigenvalue weighted by atomic mass is 10.0. The highest BCUT2D eigenvalue weighted by molar-refractivity contribution is 4.51. The summed E-state index contributed by atoms with van der Waals surface area (Å²) in [6.07, 6.45) is 16.8. The average molecular weight is 557 g/mol. The lowest BCUT2D eigenvalue weighted by Crippen LogP contribution is -2.04. The number of ether oxygens (including phenoxy) is 1. The van der Waals surface area contributed by atoms with Crippen LogP contribution in [0, 0.1) is 47.3 Å². The normalized spacial score (nSPS) is 11.4. The molecule has 0 fully saturated rings. The molecule has 0 aliphatic heterocycles. The summed E-state index contributed by atoms with van der Waals surface area (Å²) >= 11 is 0. The van der Waals surface area contributed by atoms with Crippen LogP contribution in [0.15, 0.2) is 0 Å².